The molecule has 33 heavy (non-hydrogen) atoms. The summed E-state index contributed by atoms with van der Waals surface area (Å²) in [7, 11) is -4.15. The molecule has 0 aromatic carbocycles. The largest absolute Gasteiger partial charge is 0.478 e. The van der Waals surface area contributed by atoms with Crippen LogP contribution < -0.4 is 15.4 Å². The number of anilines is 1. The second kappa shape index (κ2) is 8.93. The van der Waals surface area contributed by atoms with E-state index in [1.165, 1.54) is 18.3 Å². The number of nitrogens with zero attached hydrogens (tertiary/aromatic N) is 3. The van der Waals surface area contributed by atoms with Gasteiger partial charge >= 0.3 is 0 Å². The van der Waals surface area contributed by atoms with Gasteiger partial charge in [0.2, 0.25) is 15.7 Å². The van der Waals surface area contributed by atoms with Crippen molar-refractivity contribution in [2.45, 2.75) is 69.8 Å². The predicted molar refractivity (Wildman–Crippen MR) is 127 cm³/mol. The van der Waals surface area contributed by atoms with E-state index in [9.17, 15) is 13.2 Å². The Kier molecular flexibility index (Phi) is 6.75. The van der Waals surface area contributed by atoms with E-state index in [2.05, 4.69) is 37.7 Å². The topological polar surface area (TPSA) is 115 Å². The summed E-state index contributed by atoms with van der Waals surface area (Å²) in [6.07, 6.45) is 3.08. The minimum absolute atomic E-state index is 0.0777. The highest BCUT2D eigenvalue weighted by atomic mass is 32.2. The Hall–Kier alpha value is -2.68. The van der Waals surface area contributed by atoms with Gasteiger partial charge in [0.1, 0.15) is 11.4 Å². The van der Waals surface area contributed by atoms with Gasteiger partial charge in [0, 0.05) is 24.3 Å². The molecule has 0 saturated carbocycles. The van der Waals surface area contributed by atoms with E-state index >= 15 is 0 Å². The van der Waals surface area contributed by atoms with Crippen LogP contribution in [-0.4, -0.2) is 43.0 Å². The molecule has 0 spiro atoms. The summed E-state index contributed by atoms with van der Waals surface area (Å²) >= 11 is 0. The fourth-order valence-corrected chi connectivity index (χ4v) is 5.65. The van der Waals surface area contributed by atoms with Gasteiger partial charge in [-0.25, -0.2) is 18.4 Å². The Morgan fingerprint density at radius 1 is 1.27 bits per heavy atom. The Balaban J connectivity index is 2.03. The number of rotatable bonds is 7. The Bertz CT molecular complexity index is 1140. The lowest BCUT2D eigenvalue weighted by Crippen LogP contribution is -2.40. The van der Waals surface area contributed by atoms with Gasteiger partial charge in [-0.3, -0.25) is 4.79 Å². The molecule has 3 heterocycles. The zero-order valence-electron chi connectivity index (χ0n) is 20.3. The number of primary amides is 1. The van der Waals surface area contributed by atoms with Gasteiger partial charge in [-0.1, -0.05) is 33.8 Å². The summed E-state index contributed by atoms with van der Waals surface area (Å²) in [6, 6.07) is 5.88. The smallest absolute Gasteiger partial charge is 0.253 e. The standard InChI is InChI=1S/C24H34N4O4S/c1-16-14-24(5,6)28(15-16)22-20(21(25)29)17(10-12-26-22)33(30,31)19-9-7-8-18(27-19)32-13-11-23(2,3)4/h7-10,12,16H,11,13-15H2,1-6H3,(H2,25,29). The number of sulfone groups is 1. The summed E-state index contributed by atoms with van der Waals surface area (Å²) in [6.45, 7) is 13.6. The van der Waals surface area contributed by atoms with Crippen molar-refractivity contribution in [2.75, 3.05) is 18.1 Å². The van der Waals surface area contributed by atoms with E-state index in [4.69, 9.17) is 10.5 Å². The summed E-state index contributed by atoms with van der Waals surface area (Å²) in [5, 5.41) is -0.204. The molecule has 1 saturated heterocycles. The van der Waals surface area contributed by atoms with Crippen LogP contribution in [0.5, 0.6) is 5.88 Å². The first-order valence-electron chi connectivity index (χ1n) is 11.1. The third-order valence-corrected chi connectivity index (χ3v) is 7.53. The Morgan fingerprint density at radius 3 is 2.55 bits per heavy atom. The highest BCUT2D eigenvalue weighted by Crippen LogP contribution is 2.39. The van der Waals surface area contributed by atoms with Crippen molar-refractivity contribution in [2.24, 2.45) is 17.1 Å². The van der Waals surface area contributed by atoms with Crippen molar-refractivity contribution in [3.8, 4) is 5.88 Å². The van der Waals surface area contributed by atoms with Crippen LogP contribution in [0.4, 0.5) is 5.82 Å². The zero-order chi connectivity index (χ0) is 24.6. The number of ether oxygens (including phenoxy) is 1. The molecular weight excluding hydrogens is 440 g/mol. The van der Waals surface area contributed by atoms with Crippen molar-refractivity contribution in [3.63, 3.8) is 0 Å². The number of hydrogen-bond donors (Lipinski definition) is 1. The zero-order valence-corrected chi connectivity index (χ0v) is 21.1. The number of carbonyl (C=O) groups is 1. The lowest BCUT2D eigenvalue weighted by Gasteiger charge is -2.33. The molecule has 180 valence electrons. The van der Waals surface area contributed by atoms with Crippen molar-refractivity contribution in [1.82, 2.24) is 9.97 Å². The SMILES string of the molecule is CC1CN(c2nccc(S(=O)(=O)c3cccc(OCCC(C)(C)C)n3)c2C(N)=O)C(C)(C)C1. The lowest BCUT2D eigenvalue weighted by atomic mass is 9.93. The van der Waals surface area contributed by atoms with E-state index in [0.29, 0.717) is 19.1 Å². The molecule has 8 nitrogen and oxygen atoms in total. The molecule has 1 amide bonds. The van der Waals surface area contributed by atoms with Gasteiger partial charge in [0.15, 0.2) is 5.03 Å². The second-order valence-electron chi connectivity index (χ2n) is 10.6. The van der Waals surface area contributed by atoms with Gasteiger partial charge in [-0.05, 0) is 50.2 Å². The quantitative estimate of drug-likeness (QED) is 0.648. The first-order chi connectivity index (χ1) is 15.2. The molecule has 3 rings (SSSR count). The normalized spacial score (nSPS) is 18.4. The summed E-state index contributed by atoms with van der Waals surface area (Å²) < 4.78 is 32.8. The van der Waals surface area contributed by atoms with E-state index in [1.807, 2.05) is 18.7 Å². The molecule has 2 aromatic rings. The van der Waals surface area contributed by atoms with Crippen LogP contribution >= 0.6 is 0 Å². The minimum Gasteiger partial charge on any atom is -0.478 e. The fourth-order valence-electron chi connectivity index (χ4n) is 4.25. The first-order valence-corrected chi connectivity index (χ1v) is 12.6. The molecule has 0 aliphatic carbocycles. The average Bonchev–Trinajstić information content (AvgIpc) is 2.98. The van der Waals surface area contributed by atoms with E-state index in [1.54, 1.807) is 12.1 Å². The molecule has 1 unspecified atom stereocenters. The summed E-state index contributed by atoms with van der Waals surface area (Å²) in [4.78, 5) is 22.9. The Morgan fingerprint density at radius 2 is 1.97 bits per heavy atom. The molecular formula is C24H34N4O4S. The van der Waals surface area contributed by atoms with Crippen molar-refractivity contribution in [3.05, 3.63) is 36.0 Å². The predicted octanol–water partition coefficient (Wildman–Crippen LogP) is 3.85. The third-order valence-electron chi connectivity index (χ3n) is 5.83. The molecule has 1 aliphatic rings. The second-order valence-corrected chi connectivity index (χ2v) is 12.4. The van der Waals surface area contributed by atoms with Crippen LogP contribution in [0.2, 0.25) is 0 Å². The third kappa shape index (κ3) is 5.46. The van der Waals surface area contributed by atoms with Gasteiger partial charge in [-0.15, -0.1) is 0 Å². The highest BCUT2D eigenvalue weighted by Gasteiger charge is 2.40. The molecule has 1 aliphatic heterocycles. The van der Waals surface area contributed by atoms with Crippen molar-refractivity contribution < 1.29 is 17.9 Å². The minimum atomic E-state index is -4.15. The molecule has 2 N–H and O–H groups in total. The average molecular weight is 475 g/mol. The molecule has 1 atom stereocenters. The molecule has 0 bridgehead atoms. The number of carbonyl (C=O) groups excluding carboxylic acids is 1. The number of amides is 1. The van der Waals surface area contributed by atoms with Crippen LogP contribution in [0.1, 0.15) is 64.7 Å². The number of nitrogens with two attached hydrogens (primary N) is 1. The maximum atomic E-state index is 13.6. The molecule has 9 heteroatoms. The van der Waals surface area contributed by atoms with E-state index < -0.39 is 15.7 Å². The molecule has 1 fully saturated rings. The van der Waals surface area contributed by atoms with Gasteiger partial charge in [0.05, 0.1) is 11.5 Å². The van der Waals surface area contributed by atoms with E-state index in [-0.39, 0.29) is 38.1 Å². The monoisotopic (exact) mass is 474 g/mol. The van der Waals surface area contributed by atoms with Crippen LogP contribution in [0, 0.1) is 11.3 Å². The van der Waals surface area contributed by atoms with Gasteiger partial charge in [0.25, 0.3) is 5.91 Å². The van der Waals surface area contributed by atoms with E-state index in [0.717, 1.165) is 12.8 Å². The van der Waals surface area contributed by atoms with Crippen LogP contribution in [0.3, 0.4) is 0 Å². The van der Waals surface area contributed by atoms with Crippen molar-refractivity contribution in [1.29, 1.82) is 0 Å². The molecule has 0 radical (unpaired) electrons. The number of aromatic nitrogens is 2. The van der Waals surface area contributed by atoms with Gasteiger partial charge < -0.3 is 15.4 Å². The lowest BCUT2D eigenvalue weighted by molar-refractivity contribution is 0.0997. The first kappa shape index (κ1) is 25.0. The highest BCUT2D eigenvalue weighted by molar-refractivity contribution is 7.91. The Labute approximate surface area is 196 Å². The summed E-state index contributed by atoms with van der Waals surface area (Å²) in [5.41, 5.74) is 5.38. The van der Waals surface area contributed by atoms with Crippen molar-refractivity contribution >= 4 is 21.6 Å². The molecule has 2 aromatic heterocycles. The number of pyridine rings is 2. The van der Waals surface area contributed by atoms with Crippen LogP contribution in [0.15, 0.2) is 40.4 Å². The van der Waals surface area contributed by atoms with Gasteiger partial charge in [-0.2, -0.15) is 0 Å². The fraction of sp³-hybridized carbons (Fsp3) is 0.542. The maximum absolute atomic E-state index is 13.6. The number of hydrogen-bond acceptors (Lipinski definition) is 7. The summed E-state index contributed by atoms with van der Waals surface area (Å²) in [5.74, 6) is 0.0243. The maximum Gasteiger partial charge on any atom is 0.253 e. The van der Waals surface area contributed by atoms with Crippen LogP contribution in [-0.2, 0) is 9.84 Å². The van der Waals surface area contributed by atoms with Crippen LogP contribution in [0.25, 0.3) is 0 Å².